The summed E-state index contributed by atoms with van der Waals surface area (Å²) in [6, 6.07) is 0. The molecule has 8 atom stereocenters. The normalized spacial score (nSPS) is 45.5. The minimum absolute atomic E-state index is 0.116. The van der Waals surface area contributed by atoms with E-state index in [2.05, 4.69) is 13.0 Å². The lowest BCUT2D eigenvalue weighted by Crippen LogP contribution is -2.50. The molecule has 4 rings (SSSR count). The molecule has 0 spiro atoms. The SMILES string of the molecule is CC(C)(O)CCC(C)(O)[C@H]1CCC2C3CC=C4CC(O)CC[C@@H]4C3CC[C@@]21C. The summed E-state index contributed by atoms with van der Waals surface area (Å²) in [5, 5.41) is 31.7. The fourth-order valence-electron chi connectivity index (χ4n) is 8.00. The zero-order valence-corrected chi connectivity index (χ0v) is 18.5. The first-order valence-corrected chi connectivity index (χ1v) is 11.8. The smallest absolute Gasteiger partial charge is 0.0654 e. The van der Waals surface area contributed by atoms with Crippen molar-refractivity contribution in [2.75, 3.05) is 0 Å². The first kappa shape index (κ1) is 20.9. The maximum Gasteiger partial charge on any atom is 0.0654 e. The lowest BCUT2D eigenvalue weighted by molar-refractivity contribution is -0.102. The first-order valence-electron chi connectivity index (χ1n) is 11.8. The van der Waals surface area contributed by atoms with Gasteiger partial charge in [0, 0.05) is 0 Å². The van der Waals surface area contributed by atoms with Crippen LogP contribution in [0.5, 0.6) is 0 Å². The number of hydrogen-bond acceptors (Lipinski definition) is 3. The van der Waals surface area contributed by atoms with E-state index in [1.165, 1.54) is 32.1 Å². The number of hydrogen-bond donors (Lipinski definition) is 3. The van der Waals surface area contributed by atoms with E-state index >= 15 is 0 Å². The molecule has 3 nitrogen and oxygen atoms in total. The van der Waals surface area contributed by atoms with Gasteiger partial charge >= 0.3 is 0 Å². The van der Waals surface area contributed by atoms with Crippen molar-refractivity contribution in [3.63, 3.8) is 0 Å². The molecule has 28 heavy (non-hydrogen) atoms. The van der Waals surface area contributed by atoms with E-state index in [9.17, 15) is 15.3 Å². The van der Waals surface area contributed by atoms with Crippen molar-refractivity contribution in [2.45, 2.75) is 109 Å². The summed E-state index contributed by atoms with van der Waals surface area (Å²) in [6.45, 7) is 8.19. The van der Waals surface area contributed by atoms with Crippen LogP contribution in [0, 0.1) is 35.0 Å². The van der Waals surface area contributed by atoms with Gasteiger partial charge in [0.2, 0.25) is 0 Å². The van der Waals surface area contributed by atoms with Crippen LogP contribution in [0.2, 0.25) is 0 Å². The van der Waals surface area contributed by atoms with Gasteiger partial charge in [-0.3, -0.25) is 0 Å². The van der Waals surface area contributed by atoms with Gasteiger partial charge in [0.1, 0.15) is 0 Å². The topological polar surface area (TPSA) is 60.7 Å². The summed E-state index contributed by atoms with van der Waals surface area (Å²) in [6.07, 6.45) is 12.8. The molecule has 0 aromatic heterocycles. The van der Waals surface area contributed by atoms with Gasteiger partial charge in [0.25, 0.3) is 0 Å². The van der Waals surface area contributed by atoms with Crippen molar-refractivity contribution in [1.82, 2.24) is 0 Å². The zero-order valence-electron chi connectivity index (χ0n) is 18.5. The second kappa shape index (κ2) is 7.10. The van der Waals surface area contributed by atoms with Crippen LogP contribution in [0.15, 0.2) is 11.6 Å². The Morgan fingerprint density at radius 1 is 1.00 bits per heavy atom. The Labute approximate surface area is 171 Å². The van der Waals surface area contributed by atoms with Crippen LogP contribution >= 0.6 is 0 Å². The minimum atomic E-state index is -0.712. The van der Waals surface area contributed by atoms with Gasteiger partial charge in [-0.15, -0.1) is 0 Å². The molecule has 160 valence electrons. The number of allylic oxidation sites excluding steroid dienone is 1. The van der Waals surface area contributed by atoms with Crippen LogP contribution in [0.3, 0.4) is 0 Å². The first-order chi connectivity index (χ1) is 13.0. The molecule has 5 unspecified atom stereocenters. The molecule has 0 aromatic rings. The highest BCUT2D eigenvalue weighted by molar-refractivity contribution is 5.20. The molecular weight excluding hydrogens is 348 g/mol. The predicted octanol–water partition coefficient (Wildman–Crippen LogP) is 4.84. The van der Waals surface area contributed by atoms with E-state index in [0.29, 0.717) is 24.7 Å². The Kier molecular flexibility index (Phi) is 5.29. The second-order valence-corrected chi connectivity index (χ2v) is 11.8. The van der Waals surface area contributed by atoms with E-state index in [-0.39, 0.29) is 11.5 Å². The van der Waals surface area contributed by atoms with E-state index in [1.54, 1.807) is 5.57 Å². The molecule has 3 fully saturated rings. The van der Waals surface area contributed by atoms with Crippen LogP contribution in [-0.4, -0.2) is 32.6 Å². The molecular formula is C25H42O3. The van der Waals surface area contributed by atoms with E-state index < -0.39 is 11.2 Å². The molecule has 0 amide bonds. The summed E-state index contributed by atoms with van der Waals surface area (Å²) in [5.74, 6) is 3.33. The summed E-state index contributed by atoms with van der Waals surface area (Å²) in [5.41, 5.74) is 0.372. The highest BCUT2D eigenvalue weighted by atomic mass is 16.3. The summed E-state index contributed by atoms with van der Waals surface area (Å²) < 4.78 is 0. The van der Waals surface area contributed by atoms with E-state index in [1.807, 2.05) is 20.8 Å². The van der Waals surface area contributed by atoms with Crippen LogP contribution in [-0.2, 0) is 0 Å². The van der Waals surface area contributed by atoms with Crippen LogP contribution < -0.4 is 0 Å². The molecule has 3 heteroatoms. The van der Waals surface area contributed by atoms with Gasteiger partial charge in [-0.1, -0.05) is 18.6 Å². The Bertz CT molecular complexity index is 616. The van der Waals surface area contributed by atoms with Crippen molar-refractivity contribution in [1.29, 1.82) is 0 Å². The zero-order chi connectivity index (χ0) is 20.3. The average Bonchev–Trinajstić information content (AvgIpc) is 2.97. The third-order valence-electron chi connectivity index (χ3n) is 9.41. The standard InChI is InChI=1S/C25H42O3/c1-23(2,27)13-14-25(4,28)22-10-9-21-20-7-5-16-15-17(26)6-8-18(16)19(20)11-12-24(21,22)3/h5,17-22,26-28H,6-15H2,1-4H3/t17?,18-,19?,20?,21?,22-,24-,25?/m0/s1. The molecule has 0 aromatic carbocycles. The fourth-order valence-corrected chi connectivity index (χ4v) is 8.00. The molecule has 4 aliphatic carbocycles. The summed E-state index contributed by atoms with van der Waals surface area (Å²) in [4.78, 5) is 0. The van der Waals surface area contributed by atoms with Gasteiger partial charge in [0.15, 0.2) is 0 Å². The van der Waals surface area contributed by atoms with Crippen LogP contribution in [0.25, 0.3) is 0 Å². The van der Waals surface area contributed by atoms with Crippen LogP contribution in [0.4, 0.5) is 0 Å². The molecule has 0 aliphatic heterocycles. The van der Waals surface area contributed by atoms with E-state index in [4.69, 9.17) is 0 Å². The van der Waals surface area contributed by atoms with Crippen LogP contribution in [0.1, 0.15) is 91.9 Å². The van der Waals surface area contributed by atoms with Gasteiger partial charge in [-0.2, -0.15) is 0 Å². The molecule has 3 saturated carbocycles. The van der Waals surface area contributed by atoms with E-state index in [0.717, 1.165) is 37.0 Å². The Morgan fingerprint density at radius 3 is 2.46 bits per heavy atom. The minimum Gasteiger partial charge on any atom is -0.393 e. The largest absolute Gasteiger partial charge is 0.393 e. The molecule has 0 saturated heterocycles. The van der Waals surface area contributed by atoms with Gasteiger partial charge in [-0.05, 0) is 120 Å². The molecule has 0 bridgehead atoms. The second-order valence-electron chi connectivity index (χ2n) is 11.8. The lowest BCUT2D eigenvalue weighted by Gasteiger charge is -2.55. The lowest BCUT2D eigenvalue weighted by atomic mass is 9.50. The van der Waals surface area contributed by atoms with Crippen molar-refractivity contribution in [3.05, 3.63) is 11.6 Å². The third-order valence-corrected chi connectivity index (χ3v) is 9.41. The molecule has 0 radical (unpaired) electrons. The highest BCUT2D eigenvalue weighted by Crippen LogP contribution is 2.65. The predicted molar refractivity (Wildman–Crippen MR) is 113 cm³/mol. The van der Waals surface area contributed by atoms with Gasteiger partial charge < -0.3 is 15.3 Å². The quantitative estimate of drug-likeness (QED) is 0.602. The molecule has 3 N–H and O–H groups in total. The average molecular weight is 391 g/mol. The van der Waals surface area contributed by atoms with Crippen molar-refractivity contribution < 1.29 is 15.3 Å². The fraction of sp³-hybridized carbons (Fsp3) is 0.920. The van der Waals surface area contributed by atoms with Gasteiger partial charge in [-0.25, -0.2) is 0 Å². The number of rotatable bonds is 4. The highest BCUT2D eigenvalue weighted by Gasteiger charge is 2.59. The van der Waals surface area contributed by atoms with Gasteiger partial charge in [0.05, 0.1) is 17.3 Å². The summed E-state index contributed by atoms with van der Waals surface area (Å²) >= 11 is 0. The van der Waals surface area contributed by atoms with Crippen molar-refractivity contribution in [3.8, 4) is 0 Å². The number of aliphatic hydroxyl groups is 3. The monoisotopic (exact) mass is 390 g/mol. The Balaban J connectivity index is 1.52. The van der Waals surface area contributed by atoms with Crippen molar-refractivity contribution >= 4 is 0 Å². The summed E-state index contributed by atoms with van der Waals surface area (Å²) in [7, 11) is 0. The number of fused-ring (bicyclic) bond motifs is 5. The third kappa shape index (κ3) is 3.61. The molecule has 4 aliphatic rings. The maximum absolute atomic E-state index is 11.4. The Hall–Kier alpha value is -0.380. The van der Waals surface area contributed by atoms with Crippen molar-refractivity contribution in [2.24, 2.45) is 35.0 Å². The molecule has 0 heterocycles. The number of aliphatic hydroxyl groups excluding tert-OH is 1. The Morgan fingerprint density at radius 2 is 1.75 bits per heavy atom. The maximum atomic E-state index is 11.4.